The predicted octanol–water partition coefficient (Wildman–Crippen LogP) is -3.54. The van der Waals surface area contributed by atoms with Gasteiger partial charge in [-0.3, -0.25) is 4.70 Å². The third-order valence-corrected chi connectivity index (χ3v) is 0. The Morgan fingerprint density at radius 3 is 0.923 bits per heavy atom. The molecule has 0 spiro atoms. The molecule has 1 atom stereocenters. The van der Waals surface area contributed by atoms with Gasteiger partial charge < -0.3 is 33.9 Å². The van der Waals surface area contributed by atoms with Crippen molar-refractivity contribution in [1.29, 1.82) is 0 Å². The Morgan fingerprint density at radius 2 is 0.923 bits per heavy atom. The number of hydrogen-bond donors (Lipinski definition) is 3. The molecule has 0 aromatic rings. The molecule has 0 aromatic carbocycles. The molecule has 8 nitrogen and oxygen atoms in total. The van der Waals surface area contributed by atoms with Crippen molar-refractivity contribution < 1.29 is 90.1 Å². The molecule has 0 aliphatic rings. The molecule has 13 heteroatoms. The summed E-state index contributed by atoms with van der Waals surface area (Å²) in [5.74, 6) is 0. The van der Waals surface area contributed by atoms with Gasteiger partial charge in [-0.15, -0.1) is 0 Å². The maximum absolute atomic E-state index is 8.88. The molecule has 0 saturated heterocycles. The van der Waals surface area contributed by atoms with E-state index >= 15 is 0 Å². The van der Waals surface area contributed by atoms with E-state index in [1.54, 1.807) is 0 Å². The Bertz CT molecular complexity index is 132. The van der Waals surface area contributed by atoms with Crippen molar-refractivity contribution in [1.82, 2.24) is 0 Å². The van der Waals surface area contributed by atoms with Gasteiger partial charge in [0.05, 0.1) is 0 Å². The molecule has 0 aliphatic heterocycles. The molecule has 0 fully saturated rings. The zero-order valence-electron chi connectivity index (χ0n) is 5.66. The second kappa shape index (κ2) is 12.2. The van der Waals surface area contributed by atoms with Crippen LogP contribution in [0.1, 0.15) is 0 Å². The molecular formula is H7FO8P3Yb. The van der Waals surface area contributed by atoms with Crippen LogP contribution in [0, 0.1) is 46.9 Å². The smallest absolute Gasteiger partial charge is 0.822 e. The zero-order chi connectivity index (χ0) is 9.00. The van der Waals surface area contributed by atoms with Crippen molar-refractivity contribution in [2.45, 2.75) is 0 Å². The van der Waals surface area contributed by atoms with E-state index in [0.29, 0.717) is 0 Å². The van der Waals surface area contributed by atoms with Crippen molar-refractivity contribution in [3.63, 3.8) is 0 Å². The van der Waals surface area contributed by atoms with Crippen LogP contribution in [-0.2, 0) is 9.13 Å². The number of phosphoric acid groups is 2. The second-order valence-corrected chi connectivity index (χ2v) is 2.88. The summed E-state index contributed by atoms with van der Waals surface area (Å²) in [6.45, 7) is 0. The molecule has 0 amide bonds. The van der Waals surface area contributed by atoms with Crippen molar-refractivity contribution >= 4 is 25.5 Å². The molecule has 1 radical (unpaired) electrons. The van der Waals surface area contributed by atoms with E-state index in [4.69, 9.17) is 38.5 Å². The Kier molecular flexibility index (Phi) is 27.6. The van der Waals surface area contributed by atoms with Gasteiger partial charge in [0.2, 0.25) is 0 Å². The van der Waals surface area contributed by atoms with Crippen LogP contribution < -0.4 is 14.7 Å². The first kappa shape index (κ1) is 29.4. The van der Waals surface area contributed by atoms with E-state index in [-0.39, 0.29) is 61.5 Å². The molecule has 13 heavy (non-hydrogen) atoms. The van der Waals surface area contributed by atoms with Gasteiger partial charge in [-0.25, -0.2) is 4.57 Å². The maximum atomic E-state index is 8.88. The summed E-state index contributed by atoms with van der Waals surface area (Å²) in [6, 6.07) is 0. The van der Waals surface area contributed by atoms with Crippen LogP contribution in [0.5, 0.6) is 0 Å². The molecule has 0 saturated carbocycles. The normalized spacial score (nSPS) is 9.08. The number of hydrogen-bond acceptors (Lipinski definition) is 5. The zero-order valence-corrected chi connectivity index (χ0v) is 10.6. The van der Waals surface area contributed by atoms with Crippen LogP contribution in [0.25, 0.3) is 0 Å². The van der Waals surface area contributed by atoms with Crippen LogP contribution in [0.3, 0.4) is 0 Å². The Hall–Kier alpha value is 2.10. The summed E-state index contributed by atoms with van der Waals surface area (Å²) < 4.78 is 17.4. The molecule has 0 rings (SSSR count). The van der Waals surface area contributed by atoms with Crippen molar-refractivity contribution in [3.8, 4) is 0 Å². The molecule has 91 valence electrons. The van der Waals surface area contributed by atoms with Gasteiger partial charge in [0.1, 0.15) is 0 Å². The molecule has 0 aliphatic carbocycles. The van der Waals surface area contributed by atoms with Gasteiger partial charge in [-0.1, -0.05) is 0 Å². The van der Waals surface area contributed by atoms with E-state index in [1.165, 1.54) is 0 Å². The first-order valence-electron chi connectivity index (χ1n) is 1.51. The van der Waals surface area contributed by atoms with Gasteiger partial charge in [0.25, 0.3) is 0 Å². The average molecular weight is 420 g/mol. The minimum absolute atomic E-state index is 0. The topological polar surface area (TPSA) is 164 Å². The van der Waals surface area contributed by atoms with Crippen LogP contribution in [0.4, 0.5) is 4.70 Å². The molecule has 1 unspecified atom stereocenters. The molecule has 0 bridgehead atoms. The van der Waals surface area contributed by atoms with Crippen LogP contribution in [0.15, 0.2) is 0 Å². The fourth-order valence-corrected chi connectivity index (χ4v) is 0. The van der Waals surface area contributed by atoms with Crippen molar-refractivity contribution in [2.75, 3.05) is 0 Å². The first-order chi connectivity index (χ1) is 4.00. The van der Waals surface area contributed by atoms with E-state index in [1.807, 2.05) is 0 Å². The minimum atomic E-state index is -5.39. The summed E-state index contributed by atoms with van der Waals surface area (Å²) >= 11 is 0. The van der Waals surface area contributed by atoms with Crippen LogP contribution in [0.2, 0.25) is 0 Å². The van der Waals surface area contributed by atoms with Gasteiger partial charge in [-0.2, -0.15) is 17.7 Å². The molecule has 0 aromatic heterocycles. The quantitative estimate of drug-likeness (QED) is 0.339. The summed E-state index contributed by atoms with van der Waals surface area (Å²) in [5, 5.41) is 0. The standard InChI is InChI=1S/FH.2H3O4P.H3P.Yb/c;2*1-5(2,3)4;;/h1H;2*(H3,1,2,3,4);1H3;/q;;;;+3/p-3. The Labute approximate surface area is 114 Å². The minimum Gasteiger partial charge on any atom is -0.822 e. The first-order valence-corrected chi connectivity index (χ1v) is 4.54. The van der Waals surface area contributed by atoms with E-state index < -0.39 is 15.6 Å². The van der Waals surface area contributed by atoms with E-state index in [2.05, 4.69) is 0 Å². The fraction of sp³-hybridized carbons (Fsp3) is 0. The van der Waals surface area contributed by atoms with Crippen molar-refractivity contribution in [3.05, 3.63) is 0 Å². The number of rotatable bonds is 0. The second-order valence-electron chi connectivity index (χ2n) is 0.960. The number of halogens is 1. The summed E-state index contributed by atoms with van der Waals surface area (Å²) in [7, 11) is -10.0. The fourth-order valence-electron chi connectivity index (χ4n) is 0. The van der Waals surface area contributed by atoms with Gasteiger partial charge in [0.15, 0.2) is 0 Å². The van der Waals surface area contributed by atoms with Gasteiger partial charge in [0, 0.05) is 0 Å². The SMILES string of the molecule is F.O=P(O)(O)O.O=P([O-])([O-])[O-].P.[Yb+3]. The van der Waals surface area contributed by atoms with E-state index in [0.717, 1.165) is 0 Å². The van der Waals surface area contributed by atoms with Crippen molar-refractivity contribution in [2.24, 2.45) is 0 Å². The van der Waals surface area contributed by atoms with E-state index in [9.17, 15) is 0 Å². The third-order valence-electron chi connectivity index (χ3n) is 0. The summed E-state index contributed by atoms with van der Waals surface area (Å²) in [5.41, 5.74) is 0. The Balaban J connectivity index is -0.0000000267. The molecular weight excluding hydrogens is 413 g/mol. The predicted molar refractivity (Wildman–Crippen MR) is 35.5 cm³/mol. The maximum Gasteiger partial charge on any atom is 3.00 e. The van der Waals surface area contributed by atoms with Crippen LogP contribution >= 0.6 is 25.5 Å². The summed E-state index contributed by atoms with van der Waals surface area (Å²) in [4.78, 5) is 47.2. The monoisotopic (exact) mass is 421 g/mol. The average Bonchev–Trinajstić information content (AvgIpc) is 1.12. The molecule has 0 heterocycles. The van der Waals surface area contributed by atoms with Gasteiger partial charge >= 0.3 is 54.7 Å². The summed E-state index contributed by atoms with van der Waals surface area (Å²) in [6.07, 6.45) is 0. The van der Waals surface area contributed by atoms with Gasteiger partial charge in [-0.05, 0) is 0 Å². The largest absolute Gasteiger partial charge is 3.00 e. The third kappa shape index (κ3) is 468. The Morgan fingerprint density at radius 1 is 0.923 bits per heavy atom. The molecule has 3 N–H and O–H groups in total. The van der Waals surface area contributed by atoms with Crippen LogP contribution in [-0.4, -0.2) is 14.7 Å².